The first-order valence-electron chi connectivity index (χ1n) is 11.0. The summed E-state index contributed by atoms with van der Waals surface area (Å²) in [6.07, 6.45) is 7.34. The average molecular weight is 474 g/mol. The first kappa shape index (κ1) is 20.9. The van der Waals surface area contributed by atoms with Gasteiger partial charge in [-0.1, -0.05) is 42.5 Å². The second-order valence-corrected chi connectivity index (χ2v) is 8.84. The van der Waals surface area contributed by atoms with Crippen molar-refractivity contribution in [1.82, 2.24) is 19.4 Å². The van der Waals surface area contributed by atoms with Crippen molar-refractivity contribution in [3.8, 4) is 33.1 Å². The SMILES string of the molecule is O=C(Nc1cccc(-c2csc(-c3ccncc3)n2)c1)c1ccn2cc(-c3ccccc3)nc2c1. The third-order valence-corrected chi connectivity index (χ3v) is 6.53. The predicted molar refractivity (Wildman–Crippen MR) is 139 cm³/mol. The summed E-state index contributed by atoms with van der Waals surface area (Å²) in [6.45, 7) is 0. The van der Waals surface area contributed by atoms with Gasteiger partial charge in [-0.05, 0) is 36.4 Å². The van der Waals surface area contributed by atoms with E-state index in [1.807, 2.05) is 88.9 Å². The lowest BCUT2D eigenvalue weighted by Crippen LogP contribution is -2.12. The second kappa shape index (κ2) is 8.96. The van der Waals surface area contributed by atoms with Gasteiger partial charge in [0.2, 0.25) is 0 Å². The van der Waals surface area contributed by atoms with Gasteiger partial charge in [-0.2, -0.15) is 0 Å². The fraction of sp³-hybridized carbons (Fsp3) is 0. The number of carbonyl (C=O) groups is 1. The number of hydrogen-bond acceptors (Lipinski definition) is 5. The number of nitrogens with one attached hydrogen (secondary N) is 1. The van der Waals surface area contributed by atoms with Crippen LogP contribution in [0.2, 0.25) is 0 Å². The van der Waals surface area contributed by atoms with E-state index < -0.39 is 0 Å². The molecular formula is C28H19N5OS. The van der Waals surface area contributed by atoms with Crippen LogP contribution in [0.1, 0.15) is 10.4 Å². The van der Waals surface area contributed by atoms with Crippen molar-refractivity contribution in [1.29, 1.82) is 0 Å². The molecule has 7 heteroatoms. The Balaban J connectivity index is 1.22. The highest BCUT2D eigenvalue weighted by molar-refractivity contribution is 7.13. The summed E-state index contributed by atoms with van der Waals surface area (Å²) >= 11 is 1.58. The van der Waals surface area contributed by atoms with Gasteiger partial charge in [0.25, 0.3) is 5.91 Å². The zero-order chi connectivity index (χ0) is 23.6. The molecule has 6 aromatic rings. The molecule has 4 heterocycles. The fourth-order valence-electron chi connectivity index (χ4n) is 3.86. The van der Waals surface area contributed by atoms with Gasteiger partial charge in [0, 0.05) is 58.1 Å². The molecule has 0 aliphatic rings. The van der Waals surface area contributed by atoms with Crippen LogP contribution < -0.4 is 5.32 Å². The Hall–Kier alpha value is -4.62. The van der Waals surface area contributed by atoms with Gasteiger partial charge in [-0.15, -0.1) is 11.3 Å². The summed E-state index contributed by atoms with van der Waals surface area (Å²) in [7, 11) is 0. The van der Waals surface area contributed by atoms with Crippen molar-refractivity contribution < 1.29 is 4.79 Å². The maximum Gasteiger partial charge on any atom is 0.255 e. The number of fused-ring (bicyclic) bond motifs is 1. The number of thiazole rings is 1. The summed E-state index contributed by atoms with van der Waals surface area (Å²) in [6, 6.07) is 25.2. The smallest absolute Gasteiger partial charge is 0.255 e. The quantitative estimate of drug-likeness (QED) is 0.313. The third-order valence-electron chi connectivity index (χ3n) is 5.64. The van der Waals surface area contributed by atoms with E-state index in [1.54, 1.807) is 35.9 Å². The summed E-state index contributed by atoms with van der Waals surface area (Å²) < 4.78 is 1.92. The number of amides is 1. The highest BCUT2D eigenvalue weighted by Crippen LogP contribution is 2.30. The van der Waals surface area contributed by atoms with Crippen LogP contribution in [0.25, 0.3) is 38.7 Å². The number of benzene rings is 2. The molecule has 0 saturated carbocycles. The first-order valence-corrected chi connectivity index (χ1v) is 11.9. The Morgan fingerprint density at radius 3 is 2.49 bits per heavy atom. The van der Waals surface area contributed by atoms with Gasteiger partial charge in [-0.25, -0.2) is 9.97 Å². The van der Waals surface area contributed by atoms with Crippen molar-refractivity contribution >= 4 is 28.6 Å². The number of anilines is 1. The summed E-state index contributed by atoms with van der Waals surface area (Å²) in [5.74, 6) is -0.190. The zero-order valence-electron chi connectivity index (χ0n) is 18.5. The van der Waals surface area contributed by atoms with Crippen molar-refractivity contribution in [3.05, 3.63) is 115 Å². The topological polar surface area (TPSA) is 72.2 Å². The Morgan fingerprint density at radius 2 is 1.63 bits per heavy atom. The molecule has 168 valence electrons. The van der Waals surface area contributed by atoms with E-state index in [0.717, 1.165) is 38.7 Å². The van der Waals surface area contributed by atoms with Gasteiger partial charge in [0.05, 0.1) is 11.4 Å². The molecule has 6 nitrogen and oxygen atoms in total. The molecule has 0 aliphatic heterocycles. The molecule has 0 aliphatic carbocycles. The molecule has 0 bridgehead atoms. The lowest BCUT2D eigenvalue weighted by atomic mass is 10.1. The third kappa shape index (κ3) is 4.32. The molecular weight excluding hydrogens is 454 g/mol. The Morgan fingerprint density at radius 1 is 0.800 bits per heavy atom. The van der Waals surface area contributed by atoms with Crippen molar-refractivity contribution in [2.75, 3.05) is 5.32 Å². The maximum atomic E-state index is 13.0. The van der Waals surface area contributed by atoms with Gasteiger partial charge in [-0.3, -0.25) is 9.78 Å². The minimum atomic E-state index is -0.190. The lowest BCUT2D eigenvalue weighted by Gasteiger charge is -2.07. The van der Waals surface area contributed by atoms with Crippen molar-refractivity contribution in [3.63, 3.8) is 0 Å². The molecule has 35 heavy (non-hydrogen) atoms. The largest absolute Gasteiger partial charge is 0.322 e. The van der Waals surface area contributed by atoms with Crippen LogP contribution in [0.3, 0.4) is 0 Å². The number of aromatic nitrogens is 4. The van der Waals surface area contributed by atoms with Crippen molar-refractivity contribution in [2.24, 2.45) is 0 Å². The van der Waals surface area contributed by atoms with Crippen LogP contribution in [0.4, 0.5) is 5.69 Å². The monoisotopic (exact) mass is 473 g/mol. The minimum absolute atomic E-state index is 0.190. The average Bonchev–Trinajstić information content (AvgIpc) is 3.57. The van der Waals surface area contributed by atoms with E-state index >= 15 is 0 Å². The molecule has 4 aromatic heterocycles. The molecule has 0 radical (unpaired) electrons. The molecule has 2 aromatic carbocycles. The minimum Gasteiger partial charge on any atom is -0.322 e. The Kier molecular flexibility index (Phi) is 5.37. The van der Waals surface area contributed by atoms with Gasteiger partial charge < -0.3 is 9.72 Å². The highest BCUT2D eigenvalue weighted by Gasteiger charge is 2.12. The molecule has 1 amide bonds. The molecule has 0 saturated heterocycles. The van der Waals surface area contributed by atoms with E-state index in [9.17, 15) is 4.79 Å². The van der Waals surface area contributed by atoms with Crippen LogP contribution >= 0.6 is 11.3 Å². The van der Waals surface area contributed by atoms with Crippen LogP contribution in [0.15, 0.2) is 109 Å². The fourth-order valence-corrected chi connectivity index (χ4v) is 4.70. The van der Waals surface area contributed by atoms with Crippen LogP contribution in [0, 0.1) is 0 Å². The van der Waals surface area contributed by atoms with E-state index in [4.69, 9.17) is 4.98 Å². The van der Waals surface area contributed by atoms with E-state index in [-0.39, 0.29) is 5.91 Å². The van der Waals surface area contributed by atoms with E-state index in [1.165, 1.54) is 0 Å². The number of imidazole rings is 1. The van der Waals surface area contributed by atoms with Gasteiger partial charge in [0.1, 0.15) is 10.7 Å². The summed E-state index contributed by atoms with van der Waals surface area (Å²) in [4.78, 5) is 26.5. The highest BCUT2D eigenvalue weighted by atomic mass is 32.1. The maximum absolute atomic E-state index is 13.0. The Labute approximate surface area is 205 Å². The summed E-state index contributed by atoms with van der Waals surface area (Å²) in [5, 5.41) is 5.95. The van der Waals surface area contributed by atoms with Crippen LogP contribution in [-0.4, -0.2) is 25.3 Å². The molecule has 6 rings (SSSR count). The van der Waals surface area contributed by atoms with Crippen molar-refractivity contribution in [2.45, 2.75) is 0 Å². The number of pyridine rings is 2. The standard InChI is InChI=1S/C28H19N5OS/c34-27(22-11-14-33-17-24(31-26(33)16-22)19-5-2-1-3-6-19)30-23-8-4-7-21(15-23)25-18-35-28(32-25)20-9-12-29-13-10-20/h1-18H,(H,30,34). The summed E-state index contributed by atoms with van der Waals surface area (Å²) in [5.41, 5.74) is 6.71. The predicted octanol–water partition coefficient (Wildman–Crippen LogP) is 6.44. The first-order chi connectivity index (χ1) is 17.2. The van der Waals surface area contributed by atoms with E-state index in [0.29, 0.717) is 11.3 Å². The zero-order valence-corrected chi connectivity index (χ0v) is 19.3. The number of rotatable bonds is 5. The molecule has 0 unspecified atom stereocenters. The molecule has 0 atom stereocenters. The van der Waals surface area contributed by atoms with Gasteiger partial charge in [0.15, 0.2) is 0 Å². The number of nitrogens with zero attached hydrogens (tertiary/aromatic N) is 4. The number of hydrogen-bond donors (Lipinski definition) is 1. The Bertz CT molecular complexity index is 1640. The second-order valence-electron chi connectivity index (χ2n) is 7.98. The normalized spacial score (nSPS) is 11.0. The lowest BCUT2D eigenvalue weighted by molar-refractivity contribution is 0.102. The molecule has 1 N–H and O–H groups in total. The van der Waals surface area contributed by atoms with Crippen LogP contribution in [-0.2, 0) is 0 Å². The van der Waals surface area contributed by atoms with E-state index in [2.05, 4.69) is 15.3 Å². The molecule has 0 fully saturated rings. The molecule has 0 spiro atoms. The van der Waals surface area contributed by atoms with Crippen LogP contribution in [0.5, 0.6) is 0 Å². The number of carbonyl (C=O) groups excluding carboxylic acids is 1. The van der Waals surface area contributed by atoms with Gasteiger partial charge >= 0.3 is 0 Å².